The van der Waals surface area contributed by atoms with Crippen molar-refractivity contribution in [2.24, 2.45) is 0 Å². The van der Waals surface area contributed by atoms with Gasteiger partial charge < -0.3 is 9.80 Å². The number of benzene rings is 2. The smallest absolute Gasteiger partial charge is 0.0726 e. The van der Waals surface area contributed by atoms with Crippen molar-refractivity contribution in [2.75, 3.05) is 31.1 Å². The summed E-state index contributed by atoms with van der Waals surface area (Å²) in [7, 11) is 0. The fraction of sp³-hybridized carbons (Fsp3) is 0.318. The van der Waals surface area contributed by atoms with Crippen LogP contribution in [0.25, 0.3) is 10.9 Å². The Labute approximate surface area is 150 Å². The van der Waals surface area contributed by atoms with E-state index in [4.69, 9.17) is 4.98 Å². The second-order valence-corrected chi connectivity index (χ2v) is 6.31. The van der Waals surface area contributed by atoms with Crippen LogP contribution in [0, 0.1) is 6.92 Å². The molecule has 0 aliphatic heterocycles. The molecular formula is C22H27N3. The Hall–Kier alpha value is -2.39. The van der Waals surface area contributed by atoms with Crippen LogP contribution in [0.2, 0.25) is 0 Å². The minimum absolute atomic E-state index is 0.957. The summed E-state index contributed by atoms with van der Waals surface area (Å²) in [5, 5.41) is 1.21. The highest BCUT2D eigenvalue weighted by molar-refractivity contribution is 5.94. The summed E-state index contributed by atoms with van der Waals surface area (Å²) in [5.74, 6) is 0. The first-order valence-electron chi connectivity index (χ1n) is 9.14. The number of pyridine rings is 1. The normalized spacial score (nSPS) is 11.2. The monoisotopic (exact) mass is 333 g/mol. The molecular weight excluding hydrogens is 306 g/mol. The molecule has 0 aliphatic rings. The molecule has 0 radical (unpaired) electrons. The predicted octanol–water partition coefficient (Wildman–Crippen LogP) is 5.02. The first kappa shape index (κ1) is 17.4. The second-order valence-electron chi connectivity index (χ2n) is 6.31. The first-order chi connectivity index (χ1) is 12.2. The van der Waals surface area contributed by atoms with Crippen LogP contribution in [0.4, 0.5) is 11.4 Å². The van der Waals surface area contributed by atoms with Crippen LogP contribution in [0.3, 0.4) is 0 Å². The van der Waals surface area contributed by atoms with E-state index in [1.165, 1.54) is 16.8 Å². The zero-order valence-corrected chi connectivity index (χ0v) is 15.4. The number of hydrogen-bond donors (Lipinski definition) is 0. The number of para-hydroxylation sites is 2. The Morgan fingerprint density at radius 3 is 2.24 bits per heavy atom. The lowest BCUT2D eigenvalue weighted by atomic mass is 10.1. The summed E-state index contributed by atoms with van der Waals surface area (Å²) in [5.41, 5.74) is 4.57. The highest BCUT2D eigenvalue weighted by atomic mass is 15.2. The Morgan fingerprint density at radius 2 is 1.52 bits per heavy atom. The largest absolute Gasteiger partial charge is 0.340 e. The van der Waals surface area contributed by atoms with Gasteiger partial charge in [0.2, 0.25) is 0 Å². The van der Waals surface area contributed by atoms with Gasteiger partial charge in [-0.2, -0.15) is 0 Å². The second kappa shape index (κ2) is 8.13. The summed E-state index contributed by atoms with van der Waals surface area (Å²) in [4.78, 5) is 9.59. The van der Waals surface area contributed by atoms with Gasteiger partial charge in [0, 0.05) is 29.9 Å². The van der Waals surface area contributed by atoms with E-state index in [1.807, 2.05) is 0 Å². The van der Waals surface area contributed by atoms with E-state index in [0.29, 0.717) is 0 Å². The van der Waals surface area contributed by atoms with Crippen LogP contribution in [0.15, 0.2) is 60.7 Å². The van der Waals surface area contributed by atoms with Crippen LogP contribution < -0.4 is 4.90 Å². The Balaban J connectivity index is 2.05. The molecule has 0 unspecified atom stereocenters. The number of anilines is 2. The molecule has 0 fully saturated rings. The number of hydrogen-bond acceptors (Lipinski definition) is 3. The van der Waals surface area contributed by atoms with Crippen molar-refractivity contribution in [3.63, 3.8) is 0 Å². The summed E-state index contributed by atoms with van der Waals surface area (Å²) in [6.45, 7) is 10.7. The van der Waals surface area contributed by atoms with Crippen LogP contribution in [-0.2, 0) is 0 Å². The van der Waals surface area contributed by atoms with Crippen LogP contribution in [-0.4, -0.2) is 36.1 Å². The molecule has 1 heterocycles. The Morgan fingerprint density at radius 1 is 0.840 bits per heavy atom. The fourth-order valence-electron chi connectivity index (χ4n) is 3.29. The molecule has 0 atom stereocenters. The van der Waals surface area contributed by atoms with Gasteiger partial charge in [0.15, 0.2) is 0 Å². The molecule has 1 aromatic heterocycles. The maximum atomic E-state index is 4.70. The van der Waals surface area contributed by atoms with E-state index in [0.717, 1.165) is 37.4 Å². The van der Waals surface area contributed by atoms with Crippen molar-refractivity contribution in [3.8, 4) is 0 Å². The van der Waals surface area contributed by atoms with Gasteiger partial charge in [0.25, 0.3) is 0 Å². The maximum absolute atomic E-state index is 4.70. The molecule has 3 rings (SSSR count). The molecule has 3 nitrogen and oxygen atoms in total. The van der Waals surface area contributed by atoms with E-state index in [9.17, 15) is 0 Å². The summed E-state index contributed by atoms with van der Waals surface area (Å²) >= 11 is 0. The van der Waals surface area contributed by atoms with Crippen LogP contribution in [0.5, 0.6) is 0 Å². The highest BCUT2D eigenvalue weighted by Gasteiger charge is 2.14. The topological polar surface area (TPSA) is 19.4 Å². The number of likely N-dealkylation sites (N-methyl/N-ethyl adjacent to an activating group) is 1. The van der Waals surface area contributed by atoms with Crippen molar-refractivity contribution >= 4 is 22.3 Å². The van der Waals surface area contributed by atoms with Gasteiger partial charge in [0.1, 0.15) is 0 Å². The third-order valence-electron chi connectivity index (χ3n) is 4.72. The zero-order valence-electron chi connectivity index (χ0n) is 15.4. The van der Waals surface area contributed by atoms with E-state index in [1.54, 1.807) is 0 Å². The minimum atomic E-state index is 0.957. The third-order valence-corrected chi connectivity index (χ3v) is 4.72. The van der Waals surface area contributed by atoms with E-state index in [2.05, 4.69) is 91.2 Å². The van der Waals surface area contributed by atoms with E-state index >= 15 is 0 Å². The van der Waals surface area contributed by atoms with E-state index < -0.39 is 0 Å². The average molecular weight is 333 g/mol. The predicted molar refractivity (Wildman–Crippen MR) is 108 cm³/mol. The molecule has 0 aliphatic carbocycles. The van der Waals surface area contributed by atoms with Crippen molar-refractivity contribution < 1.29 is 0 Å². The molecule has 3 heteroatoms. The summed E-state index contributed by atoms with van der Waals surface area (Å²) < 4.78 is 0. The minimum Gasteiger partial charge on any atom is -0.340 e. The van der Waals surface area contributed by atoms with Crippen molar-refractivity contribution in [1.29, 1.82) is 0 Å². The van der Waals surface area contributed by atoms with Crippen LogP contribution >= 0.6 is 0 Å². The first-order valence-corrected chi connectivity index (χ1v) is 9.14. The lowest BCUT2D eigenvalue weighted by molar-refractivity contribution is 0.312. The van der Waals surface area contributed by atoms with Gasteiger partial charge in [-0.15, -0.1) is 0 Å². The molecule has 130 valence electrons. The van der Waals surface area contributed by atoms with Gasteiger partial charge in [0.05, 0.1) is 11.2 Å². The summed E-state index contributed by atoms with van der Waals surface area (Å²) in [6, 6.07) is 21.3. The molecule has 0 spiro atoms. The van der Waals surface area contributed by atoms with Crippen molar-refractivity contribution in [2.45, 2.75) is 20.8 Å². The standard InChI is InChI=1S/C22H27N3/c1-4-24(5-2)15-16-25(19-11-7-6-8-12-19)22-17-18(3)23-21-14-10-9-13-20(21)22/h6-14,17H,4-5,15-16H2,1-3H3. The van der Waals surface area contributed by atoms with Gasteiger partial charge >= 0.3 is 0 Å². The number of aryl methyl sites for hydroxylation is 1. The SMILES string of the molecule is CCN(CC)CCN(c1ccccc1)c1cc(C)nc2ccccc12. The number of aromatic nitrogens is 1. The molecule has 0 N–H and O–H groups in total. The molecule has 3 aromatic rings. The average Bonchev–Trinajstić information content (AvgIpc) is 2.65. The summed E-state index contributed by atoms with van der Waals surface area (Å²) in [6.07, 6.45) is 0. The Kier molecular flexibility index (Phi) is 5.67. The van der Waals surface area contributed by atoms with Crippen molar-refractivity contribution in [1.82, 2.24) is 9.88 Å². The number of rotatable bonds is 7. The molecule has 0 saturated heterocycles. The molecule has 2 aromatic carbocycles. The molecule has 0 bridgehead atoms. The maximum Gasteiger partial charge on any atom is 0.0726 e. The zero-order chi connectivity index (χ0) is 17.6. The fourth-order valence-corrected chi connectivity index (χ4v) is 3.29. The number of nitrogens with zero attached hydrogens (tertiary/aromatic N) is 3. The lowest BCUT2D eigenvalue weighted by Crippen LogP contribution is -2.33. The van der Waals surface area contributed by atoms with Gasteiger partial charge in [-0.3, -0.25) is 4.98 Å². The third kappa shape index (κ3) is 3.99. The number of fused-ring (bicyclic) bond motifs is 1. The lowest BCUT2D eigenvalue weighted by Gasteiger charge is -2.29. The van der Waals surface area contributed by atoms with Gasteiger partial charge in [-0.1, -0.05) is 50.2 Å². The van der Waals surface area contributed by atoms with E-state index in [-0.39, 0.29) is 0 Å². The van der Waals surface area contributed by atoms with Gasteiger partial charge in [-0.05, 0) is 44.3 Å². The van der Waals surface area contributed by atoms with Crippen LogP contribution in [0.1, 0.15) is 19.5 Å². The highest BCUT2D eigenvalue weighted by Crippen LogP contribution is 2.32. The van der Waals surface area contributed by atoms with Crippen molar-refractivity contribution in [3.05, 3.63) is 66.4 Å². The Bertz CT molecular complexity index is 810. The van der Waals surface area contributed by atoms with Gasteiger partial charge in [-0.25, -0.2) is 0 Å². The molecule has 0 saturated carbocycles. The molecule has 0 amide bonds. The molecule has 25 heavy (non-hydrogen) atoms. The quantitative estimate of drug-likeness (QED) is 0.605.